The van der Waals surface area contributed by atoms with Gasteiger partial charge in [0.05, 0.1) is 11.0 Å². The number of nitrogens with zero attached hydrogens (tertiary/aromatic N) is 1. The smallest absolute Gasteiger partial charge is 0.311 e. The average molecular weight is 241 g/mol. The van der Waals surface area contributed by atoms with Crippen LogP contribution in [0.15, 0.2) is 18.2 Å². The number of nitro benzene ring substituents is 1. The van der Waals surface area contributed by atoms with Crippen molar-refractivity contribution < 1.29 is 18.8 Å². The van der Waals surface area contributed by atoms with E-state index in [4.69, 9.17) is 9.47 Å². The largest absolute Gasteiger partial charge is 0.483 e. The van der Waals surface area contributed by atoms with Crippen molar-refractivity contribution in [1.82, 2.24) is 0 Å². The molecule has 1 saturated carbocycles. The molecule has 1 aromatic carbocycles. The fourth-order valence-corrected chi connectivity index (χ4v) is 1.72. The first-order valence-corrected chi connectivity index (χ1v) is 5.23. The Kier molecular flexibility index (Phi) is 3.23. The second-order valence-electron chi connectivity index (χ2n) is 3.94. The third-order valence-electron chi connectivity index (χ3n) is 2.80. The van der Waals surface area contributed by atoms with Crippen molar-refractivity contribution in [2.45, 2.75) is 25.0 Å². The second-order valence-corrected chi connectivity index (χ2v) is 3.94. The molecule has 1 aliphatic carbocycles. The first kappa shape index (κ1) is 11.8. The minimum atomic E-state index is -0.582. The monoisotopic (exact) mass is 241 g/mol. The van der Waals surface area contributed by atoms with Gasteiger partial charge < -0.3 is 9.47 Å². The van der Waals surface area contributed by atoms with Crippen molar-refractivity contribution in [3.63, 3.8) is 0 Å². The number of rotatable bonds is 4. The summed E-state index contributed by atoms with van der Waals surface area (Å²) in [5.74, 6) is -0.567. The Morgan fingerprint density at radius 3 is 2.71 bits per heavy atom. The SMILES string of the molecule is COC1CC(Oc2cc(F)ccc2[N+](=O)[O-])C1. The first-order chi connectivity index (χ1) is 8.10. The molecule has 0 amide bonds. The van der Waals surface area contributed by atoms with Gasteiger partial charge in [0.15, 0.2) is 5.75 Å². The van der Waals surface area contributed by atoms with Gasteiger partial charge >= 0.3 is 5.69 Å². The van der Waals surface area contributed by atoms with Gasteiger partial charge in [-0.2, -0.15) is 0 Å². The first-order valence-electron chi connectivity index (χ1n) is 5.23. The average Bonchev–Trinajstić information content (AvgIpc) is 2.22. The van der Waals surface area contributed by atoms with Crippen molar-refractivity contribution >= 4 is 5.69 Å². The predicted molar refractivity (Wildman–Crippen MR) is 57.5 cm³/mol. The third-order valence-corrected chi connectivity index (χ3v) is 2.80. The molecule has 0 bridgehead atoms. The third kappa shape index (κ3) is 2.52. The summed E-state index contributed by atoms with van der Waals surface area (Å²) < 4.78 is 23.5. The normalized spacial score (nSPS) is 22.9. The van der Waals surface area contributed by atoms with Crippen LogP contribution >= 0.6 is 0 Å². The predicted octanol–water partition coefficient (Wildman–Crippen LogP) is 2.29. The zero-order valence-electron chi connectivity index (χ0n) is 9.26. The van der Waals surface area contributed by atoms with Gasteiger partial charge in [-0.25, -0.2) is 4.39 Å². The molecule has 17 heavy (non-hydrogen) atoms. The van der Waals surface area contributed by atoms with Crippen molar-refractivity contribution in [3.8, 4) is 5.75 Å². The van der Waals surface area contributed by atoms with Gasteiger partial charge in [0.2, 0.25) is 0 Å². The van der Waals surface area contributed by atoms with E-state index in [1.165, 1.54) is 0 Å². The lowest BCUT2D eigenvalue weighted by molar-refractivity contribution is -0.386. The van der Waals surface area contributed by atoms with Gasteiger partial charge in [0, 0.05) is 32.1 Å². The highest BCUT2D eigenvalue weighted by atomic mass is 19.1. The lowest BCUT2D eigenvalue weighted by Gasteiger charge is -2.33. The van der Waals surface area contributed by atoms with Crippen LogP contribution in [-0.4, -0.2) is 24.2 Å². The zero-order chi connectivity index (χ0) is 12.4. The van der Waals surface area contributed by atoms with Crippen LogP contribution in [0.5, 0.6) is 5.75 Å². The summed E-state index contributed by atoms with van der Waals surface area (Å²) in [6.07, 6.45) is 1.34. The van der Waals surface area contributed by atoms with E-state index in [-0.39, 0.29) is 23.6 Å². The highest BCUT2D eigenvalue weighted by Crippen LogP contribution is 2.33. The van der Waals surface area contributed by atoms with Gasteiger partial charge in [-0.1, -0.05) is 0 Å². The van der Waals surface area contributed by atoms with E-state index in [9.17, 15) is 14.5 Å². The molecule has 0 N–H and O–H groups in total. The van der Waals surface area contributed by atoms with Crippen LogP contribution in [0, 0.1) is 15.9 Å². The zero-order valence-corrected chi connectivity index (χ0v) is 9.26. The summed E-state index contributed by atoms with van der Waals surface area (Å²) in [7, 11) is 1.60. The van der Waals surface area contributed by atoms with Crippen LogP contribution in [0.3, 0.4) is 0 Å². The molecule has 92 valence electrons. The minimum Gasteiger partial charge on any atom is -0.483 e. The lowest BCUT2D eigenvalue weighted by atomic mass is 9.92. The van der Waals surface area contributed by atoms with E-state index in [0.29, 0.717) is 12.8 Å². The summed E-state index contributed by atoms with van der Waals surface area (Å²) in [6, 6.07) is 3.19. The van der Waals surface area contributed by atoms with E-state index in [0.717, 1.165) is 18.2 Å². The molecule has 1 fully saturated rings. The summed E-state index contributed by atoms with van der Waals surface area (Å²) in [5, 5.41) is 10.7. The van der Waals surface area contributed by atoms with Crippen molar-refractivity contribution in [2.24, 2.45) is 0 Å². The van der Waals surface area contributed by atoms with Crippen molar-refractivity contribution in [3.05, 3.63) is 34.1 Å². The maximum Gasteiger partial charge on any atom is 0.311 e. The van der Waals surface area contributed by atoms with Crippen LogP contribution in [-0.2, 0) is 4.74 Å². The van der Waals surface area contributed by atoms with Crippen LogP contribution in [0.2, 0.25) is 0 Å². The molecule has 6 heteroatoms. The van der Waals surface area contributed by atoms with Gasteiger partial charge in [0.25, 0.3) is 0 Å². The quantitative estimate of drug-likeness (QED) is 0.599. The molecule has 0 saturated heterocycles. The highest BCUT2D eigenvalue weighted by Gasteiger charge is 2.32. The molecule has 0 aromatic heterocycles. The lowest BCUT2D eigenvalue weighted by Crippen LogP contribution is -2.38. The molecule has 0 heterocycles. The van der Waals surface area contributed by atoms with E-state index in [1.54, 1.807) is 7.11 Å². The maximum atomic E-state index is 13.0. The fraction of sp³-hybridized carbons (Fsp3) is 0.455. The van der Waals surface area contributed by atoms with E-state index < -0.39 is 10.7 Å². The molecule has 0 atom stereocenters. The van der Waals surface area contributed by atoms with Gasteiger partial charge in [0.1, 0.15) is 11.9 Å². The molecule has 1 aromatic rings. The number of hydrogen-bond donors (Lipinski definition) is 0. The highest BCUT2D eigenvalue weighted by molar-refractivity contribution is 5.46. The topological polar surface area (TPSA) is 61.6 Å². The molecule has 5 nitrogen and oxygen atoms in total. The van der Waals surface area contributed by atoms with Gasteiger partial charge in [-0.3, -0.25) is 10.1 Å². The maximum absolute atomic E-state index is 13.0. The van der Waals surface area contributed by atoms with Crippen LogP contribution in [0.4, 0.5) is 10.1 Å². The molecular weight excluding hydrogens is 229 g/mol. The van der Waals surface area contributed by atoms with E-state index >= 15 is 0 Å². The summed E-state index contributed by atoms with van der Waals surface area (Å²) in [6.45, 7) is 0. The molecular formula is C11H12FNO4. The van der Waals surface area contributed by atoms with Crippen LogP contribution < -0.4 is 4.74 Å². The molecule has 1 aliphatic rings. The van der Waals surface area contributed by atoms with Gasteiger partial charge in [-0.05, 0) is 6.07 Å². The Bertz CT molecular complexity index is 431. The Hall–Kier alpha value is -1.69. The standard InChI is InChI=1S/C11H12FNO4/c1-16-8-5-9(6-8)17-11-4-7(12)2-3-10(11)13(14)15/h2-4,8-9H,5-6H2,1H3. The number of benzene rings is 1. The van der Waals surface area contributed by atoms with Crippen LogP contribution in [0.25, 0.3) is 0 Å². The number of nitro groups is 1. The number of ether oxygens (including phenoxy) is 2. The summed E-state index contributed by atoms with van der Waals surface area (Å²) in [4.78, 5) is 10.1. The second kappa shape index (κ2) is 4.67. The molecule has 0 spiro atoms. The fourth-order valence-electron chi connectivity index (χ4n) is 1.72. The van der Waals surface area contributed by atoms with Crippen molar-refractivity contribution in [2.75, 3.05) is 7.11 Å². The number of hydrogen-bond acceptors (Lipinski definition) is 4. The van der Waals surface area contributed by atoms with Gasteiger partial charge in [-0.15, -0.1) is 0 Å². The van der Waals surface area contributed by atoms with E-state index in [2.05, 4.69) is 0 Å². The van der Waals surface area contributed by atoms with E-state index in [1.807, 2.05) is 0 Å². The van der Waals surface area contributed by atoms with Crippen molar-refractivity contribution in [1.29, 1.82) is 0 Å². The molecule has 0 radical (unpaired) electrons. The minimum absolute atomic E-state index is 0.0189. The summed E-state index contributed by atoms with van der Waals surface area (Å²) >= 11 is 0. The Morgan fingerprint density at radius 2 is 2.12 bits per heavy atom. The Labute approximate surface area is 97.3 Å². The molecule has 2 rings (SSSR count). The van der Waals surface area contributed by atoms with Crippen LogP contribution in [0.1, 0.15) is 12.8 Å². The molecule has 0 unspecified atom stereocenters. The number of halogens is 1. The molecule has 0 aliphatic heterocycles. The summed E-state index contributed by atoms with van der Waals surface area (Å²) in [5.41, 5.74) is -0.215. The number of methoxy groups -OCH3 is 1. The Balaban J connectivity index is 2.09. The Morgan fingerprint density at radius 1 is 1.41 bits per heavy atom.